The van der Waals surface area contributed by atoms with Gasteiger partial charge in [0.25, 0.3) is 5.91 Å². The number of hydrogen-bond donors (Lipinski definition) is 2. The fraction of sp³-hybridized carbons (Fsp3) is 0.724. The minimum atomic E-state index is -0.130. The van der Waals surface area contributed by atoms with Crippen LogP contribution >= 0.6 is 11.6 Å². The Labute approximate surface area is 214 Å². The van der Waals surface area contributed by atoms with E-state index in [1.165, 1.54) is 89.9 Å². The predicted octanol–water partition coefficient (Wildman–Crippen LogP) is 8.64. The van der Waals surface area contributed by atoms with E-state index in [4.69, 9.17) is 11.6 Å². The maximum Gasteiger partial charge on any atom is 0.253 e. The third-order valence-electron chi connectivity index (χ3n) is 6.30. The lowest BCUT2D eigenvalue weighted by Gasteiger charge is -2.11. The topological polar surface area (TPSA) is 58.2 Å². The van der Waals surface area contributed by atoms with Gasteiger partial charge < -0.3 is 10.6 Å². The van der Waals surface area contributed by atoms with Crippen LogP contribution in [0.5, 0.6) is 0 Å². The highest BCUT2D eigenvalue weighted by molar-refractivity contribution is 6.18. The summed E-state index contributed by atoms with van der Waals surface area (Å²) >= 11 is 5.65. The van der Waals surface area contributed by atoms with Gasteiger partial charge in [-0.25, -0.2) is 0 Å². The Morgan fingerprint density at radius 3 is 1.74 bits per heavy atom. The normalized spacial score (nSPS) is 10.9. The summed E-state index contributed by atoms with van der Waals surface area (Å²) < 4.78 is 0. The van der Waals surface area contributed by atoms with Gasteiger partial charge in [-0.3, -0.25) is 9.59 Å². The van der Waals surface area contributed by atoms with Gasteiger partial charge in [0.1, 0.15) is 0 Å². The molecule has 0 radical (unpaired) electrons. The predicted molar refractivity (Wildman–Crippen MR) is 147 cm³/mol. The summed E-state index contributed by atoms with van der Waals surface area (Å²) in [4.78, 5) is 24.5. The van der Waals surface area contributed by atoms with E-state index in [2.05, 4.69) is 17.6 Å². The van der Waals surface area contributed by atoms with Crippen molar-refractivity contribution >= 4 is 29.1 Å². The van der Waals surface area contributed by atoms with E-state index < -0.39 is 0 Å². The van der Waals surface area contributed by atoms with Crippen LogP contribution in [0.4, 0.5) is 5.69 Å². The fourth-order valence-corrected chi connectivity index (χ4v) is 4.33. The standard InChI is InChI=1S/C29H49ClN2O2/c1-2-3-4-5-6-7-8-9-10-11-12-13-14-15-16-19-25-31-29(34)26-21-17-18-22-27(26)32-28(33)23-20-24-30/h17-18,21-22H,2-16,19-20,23-25H2,1H3,(H,31,34)(H,32,33). The number of alkyl halides is 1. The molecule has 0 bridgehead atoms. The number of hydrogen-bond acceptors (Lipinski definition) is 2. The van der Waals surface area contributed by atoms with Crippen LogP contribution in [-0.2, 0) is 4.79 Å². The monoisotopic (exact) mass is 492 g/mol. The second-order valence-electron chi connectivity index (χ2n) is 9.45. The van der Waals surface area contributed by atoms with Gasteiger partial charge in [-0.1, -0.05) is 115 Å². The number of anilines is 1. The van der Waals surface area contributed by atoms with Crippen LogP contribution in [0.3, 0.4) is 0 Å². The van der Waals surface area contributed by atoms with Crippen LogP contribution in [0.1, 0.15) is 133 Å². The Bertz CT molecular complexity index is 651. The molecular formula is C29H49ClN2O2. The summed E-state index contributed by atoms with van der Waals surface area (Å²) in [5.41, 5.74) is 1.07. The molecule has 34 heavy (non-hydrogen) atoms. The van der Waals surface area contributed by atoms with Gasteiger partial charge in [0, 0.05) is 18.8 Å². The van der Waals surface area contributed by atoms with E-state index >= 15 is 0 Å². The smallest absolute Gasteiger partial charge is 0.253 e. The van der Waals surface area contributed by atoms with Gasteiger partial charge >= 0.3 is 0 Å². The molecule has 0 saturated heterocycles. The Morgan fingerprint density at radius 1 is 0.706 bits per heavy atom. The van der Waals surface area contributed by atoms with E-state index in [1.807, 2.05) is 12.1 Å². The average Bonchev–Trinajstić information content (AvgIpc) is 2.84. The second kappa shape index (κ2) is 21.9. The van der Waals surface area contributed by atoms with Crippen LogP contribution in [0.25, 0.3) is 0 Å². The van der Waals surface area contributed by atoms with Gasteiger partial charge in [-0.05, 0) is 25.0 Å². The number of unbranched alkanes of at least 4 members (excludes halogenated alkanes) is 15. The fourth-order valence-electron chi connectivity index (χ4n) is 4.20. The zero-order valence-corrected chi connectivity index (χ0v) is 22.4. The van der Waals surface area contributed by atoms with Crippen molar-refractivity contribution in [1.29, 1.82) is 0 Å². The molecule has 0 aliphatic carbocycles. The first kappa shape index (κ1) is 30.5. The molecular weight excluding hydrogens is 444 g/mol. The Kier molecular flexibility index (Phi) is 19.7. The van der Waals surface area contributed by atoms with Crippen molar-refractivity contribution in [2.45, 2.75) is 122 Å². The number of benzene rings is 1. The minimum Gasteiger partial charge on any atom is -0.352 e. The molecule has 0 aliphatic heterocycles. The van der Waals surface area contributed by atoms with E-state index in [-0.39, 0.29) is 11.8 Å². The third-order valence-corrected chi connectivity index (χ3v) is 6.57. The Hall–Kier alpha value is -1.55. The third kappa shape index (κ3) is 16.1. The van der Waals surface area contributed by atoms with E-state index in [0.717, 1.165) is 12.8 Å². The van der Waals surface area contributed by atoms with Crippen molar-refractivity contribution < 1.29 is 9.59 Å². The van der Waals surface area contributed by atoms with Crippen LogP contribution in [0.15, 0.2) is 24.3 Å². The zero-order chi connectivity index (χ0) is 24.7. The average molecular weight is 493 g/mol. The molecule has 5 heteroatoms. The second-order valence-corrected chi connectivity index (χ2v) is 9.82. The highest BCUT2D eigenvalue weighted by Crippen LogP contribution is 2.16. The van der Waals surface area contributed by atoms with Crippen LogP contribution < -0.4 is 10.6 Å². The van der Waals surface area contributed by atoms with Gasteiger partial charge in [-0.15, -0.1) is 11.6 Å². The van der Waals surface area contributed by atoms with Crippen molar-refractivity contribution in [2.24, 2.45) is 0 Å². The molecule has 0 saturated carbocycles. The van der Waals surface area contributed by atoms with E-state index in [0.29, 0.717) is 36.5 Å². The Morgan fingerprint density at radius 2 is 1.21 bits per heavy atom. The molecule has 0 fully saturated rings. The van der Waals surface area contributed by atoms with Gasteiger partial charge in [0.15, 0.2) is 0 Å². The molecule has 1 rings (SSSR count). The number of halogens is 1. The summed E-state index contributed by atoms with van der Waals surface area (Å²) in [7, 11) is 0. The van der Waals surface area contributed by atoms with Gasteiger partial charge in [0.2, 0.25) is 5.91 Å². The summed E-state index contributed by atoms with van der Waals surface area (Å²) in [5, 5.41) is 5.82. The van der Waals surface area contributed by atoms with Crippen molar-refractivity contribution in [3.8, 4) is 0 Å². The first-order valence-electron chi connectivity index (χ1n) is 13.9. The summed E-state index contributed by atoms with van der Waals surface area (Å²) in [6, 6.07) is 7.16. The van der Waals surface area contributed by atoms with Crippen molar-refractivity contribution in [3.63, 3.8) is 0 Å². The quantitative estimate of drug-likeness (QED) is 0.126. The molecule has 0 unspecified atom stereocenters. The summed E-state index contributed by atoms with van der Waals surface area (Å²) in [6.45, 7) is 2.95. The lowest BCUT2D eigenvalue weighted by atomic mass is 10.0. The molecule has 1 aromatic carbocycles. The van der Waals surface area contributed by atoms with E-state index in [1.54, 1.807) is 12.1 Å². The number of nitrogens with one attached hydrogen (secondary N) is 2. The number of carbonyl (C=O) groups is 2. The minimum absolute atomic E-state index is 0.112. The molecule has 0 aliphatic rings. The zero-order valence-electron chi connectivity index (χ0n) is 21.6. The summed E-state index contributed by atoms with van der Waals surface area (Å²) in [5.74, 6) is 0.211. The number of amides is 2. The van der Waals surface area contributed by atoms with Crippen LogP contribution in [0.2, 0.25) is 0 Å². The molecule has 0 aromatic heterocycles. The largest absolute Gasteiger partial charge is 0.352 e. The molecule has 4 nitrogen and oxygen atoms in total. The maximum absolute atomic E-state index is 12.5. The first-order chi connectivity index (χ1) is 16.7. The number of carbonyl (C=O) groups excluding carboxylic acids is 2. The van der Waals surface area contributed by atoms with Crippen LogP contribution in [-0.4, -0.2) is 24.2 Å². The molecule has 2 amide bonds. The molecule has 0 atom stereocenters. The molecule has 0 spiro atoms. The van der Waals surface area contributed by atoms with Crippen molar-refractivity contribution in [3.05, 3.63) is 29.8 Å². The maximum atomic E-state index is 12.5. The number of rotatable bonds is 22. The SMILES string of the molecule is CCCCCCCCCCCCCCCCCCNC(=O)c1ccccc1NC(=O)CCCCl. The van der Waals surface area contributed by atoms with Crippen molar-refractivity contribution in [2.75, 3.05) is 17.7 Å². The highest BCUT2D eigenvalue weighted by Gasteiger charge is 2.12. The lowest BCUT2D eigenvalue weighted by Crippen LogP contribution is -2.26. The van der Waals surface area contributed by atoms with E-state index in [9.17, 15) is 9.59 Å². The molecule has 1 aromatic rings. The highest BCUT2D eigenvalue weighted by atomic mass is 35.5. The molecule has 194 valence electrons. The number of para-hydroxylation sites is 1. The first-order valence-corrected chi connectivity index (χ1v) is 14.5. The van der Waals surface area contributed by atoms with Crippen LogP contribution in [0, 0.1) is 0 Å². The summed E-state index contributed by atoms with van der Waals surface area (Å²) in [6.07, 6.45) is 22.4. The van der Waals surface area contributed by atoms with Crippen molar-refractivity contribution in [1.82, 2.24) is 5.32 Å². The lowest BCUT2D eigenvalue weighted by molar-refractivity contribution is -0.116. The Balaban J connectivity index is 2.00. The molecule has 2 N–H and O–H groups in total. The van der Waals surface area contributed by atoms with Gasteiger partial charge in [-0.2, -0.15) is 0 Å². The molecule has 0 heterocycles. The van der Waals surface area contributed by atoms with Gasteiger partial charge in [0.05, 0.1) is 11.3 Å².